The second-order valence-corrected chi connectivity index (χ2v) is 3.29. The zero-order valence-corrected chi connectivity index (χ0v) is 8.05. The number of rotatable bonds is 3. The van der Waals surface area contributed by atoms with Crippen molar-refractivity contribution in [2.24, 2.45) is 0 Å². The number of hydrogen-bond donors (Lipinski definition) is 0. The molecular weight excluding hydrogens is 136 g/mol. The van der Waals surface area contributed by atoms with Gasteiger partial charge in [0.1, 0.15) is 6.04 Å². The predicted octanol–water partition coefficient (Wildman–Crippen LogP) is 2.18. The maximum atomic E-state index is 8.67. The van der Waals surface area contributed by atoms with Gasteiger partial charge in [-0.1, -0.05) is 0 Å². The summed E-state index contributed by atoms with van der Waals surface area (Å²) in [6.45, 7) is 10.3. The van der Waals surface area contributed by atoms with Crippen molar-refractivity contribution in [3.63, 3.8) is 0 Å². The minimum absolute atomic E-state index is 0.412. The van der Waals surface area contributed by atoms with Crippen LogP contribution >= 0.6 is 0 Å². The lowest BCUT2D eigenvalue weighted by Crippen LogP contribution is -2.38. The van der Waals surface area contributed by atoms with E-state index < -0.39 is 0 Å². The summed E-state index contributed by atoms with van der Waals surface area (Å²) in [6.07, 6.45) is 0. The Hall–Kier alpha value is -0.550. The fraction of sp³-hybridized carbons (Fsp3) is 0.778. The van der Waals surface area contributed by atoms with Crippen molar-refractivity contribution < 1.29 is 0 Å². The third-order valence-electron chi connectivity index (χ3n) is 1.66. The van der Waals surface area contributed by atoms with Gasteiger partial charge in [-0.05, 0) is 34.6 Å². The molecule has 0 heterocycles. The number of nitrogens with zero attached hydrogens (tertiary/aromatic N) is 2. The van der Waals surface area contributed by atoms with Crippen LogP contribution in [-0.2, 0) is 0 Å². The molecule has 0 N–H and O–H groups in total. The van der Waals surface area contributed by atoms with Crippen LogP contribution in [-0.4, -0.2) is 17.0 Å². The van der Waals surface area contributed by atoms with Crippen molar-refractivity contribution in [3.8, 4) is 6.07 Å². The summed E-state index contributed by atoms with van der Waals surface area (Å²) in [4.78, 5) is 2.11. The summed E-state index contributed by atoms with van der Waals surface area (Å²) in [7, 11) is 0. The van der Waals surface area contributed by atoms with Crippen LogP contribution in [0.4, 0.5) is 0 Å². The van der Waals surface area contributed by atoms with E-state index in [1.807, 2.05) is 6.92 Å². The standard InChI is InChI=1S/C9H17N2/c1-7(2)11(8(3)4)9(5)6-10/h7-8H,1-5H3. The fourth-order valence-electron chi connectivity index (χ4n) is 1.43. The summed E-state index contributed by atoms with van der Waals surface area (Å²) in [6, 6.07) is 3.79. The minimum Gasteiger partial charge on any atom is -0.278 e. The van der Waals surface area contributed by atoms with E-state index in [1.54, 1.807) is 0 Å². The lowest BCUT2D eigenvalue weighted by atomic mass is 10.2. The second-order valence-electron chi connectivity index (χ2n) is 3.29. The molecule has 0 saturated heterocycles. The predicted molar refractivity (Wildman–Crippen MR) is 46.6 cm³/mol. The van der Waals surface area contributed by atoms with Crippen molar-refractivity contribution in [2.45, 2.75) is 46.7 Å². The van der Waals surface area contributed by atoms with Crippen molar-refractivity contribution in [2.75, 3.05) is 0 Å². The average Bonchev–Trinajstić information content (AvgIpc) is 1.85. The molecule has 0 aromatic carbocycles. The zero-order valence-electron chi connectivity index (χ0n) is 8.05. The summed E-state index contributed by atoms with van der Waals surface area (Å²) in [5.41, 5.74) is 0. The fourth-order valence-corrected chi connectivity index (χ4v) is 1.43. The zero-order chi connectivity index (χ0) is 9.02. The lowest BCUT2D eigenvalue weighted by molar-refractivity contribution is 0.204. The summed E-state index contributed by atoms with van der Waals surface area (Å²) >= 11 is 0. The molecule has 0 fully saturated rings. The molecule has 0 aliphatic heterocycles. The molecule has 1 radical (unpaired) electrons. The summed E-state index contributed by atoms with van der Waals surface area (Å²) in [5.74, 6) is 0. The van der Waals surface area contributed by atoms with Crippen molar-refractivity contribution >= 4 is 0 Å². The Balaban J connectivity index is 4.24. The van der Waals surface area contributed by atoms with Crippen LogP contribution in [0, 0.1) is 17.4 Å². The monoisotopic (exact) mass is 153 g/mol. The first kappa shape index (κ1) is 10.4. The van der Waals surface area contributed by atoms with E-state index in [2.05, 4.69) is 38.7 Å². The smallest absolute Gasteiger partial charge is 0.138 e. The quantitative estimate of drug-likeness (QED) is 0.621. The molecule has 2 nitrogen and oxygen atoms in total. The topological polar surface area (TPSA) is 27.0 Å². The molecule has 0 aromatic rings. The Labute approximate surface area is 69.8 Å². The Bertz CT molecular complexity index is 136. The summed E-state index contributed by atoms with van der Waals surface area (Å²) < 4.78 is 0. The molecule has 0 amide bonds. The van der Waals surface area contributed by atoms with Gasteiger partial charge < -0.3 is 0 Å². The molecule has 63 valence electrons. The molecule has 0 spiro atoms. The molecule has 0 atom stereocenters. The van der Waals surface area contributed by atoms with Gasteiger partial charge in [0.25, 0.3) is 0 Å². The van der Waals surface area contributed by atoms with Crippen LogP contribution < -0.4 is 0 Å². The van der Waals surface area contributed by atoms with Gasteiger partial charge in [0, 0.05) is 12.1 Å². The summed E-state index contributed by atoms with van der Waals surface area (Å²) in [5, 5.41) is 8.67. The van der Waals surface area contributed by atoms with Crippen LogP contribution in [0.2, 0.25) is 0 Å². The van der Waals surface area contributed by atoms with Crippen LogP contribution in [0.1, 0.15) is 34.6 Å². The van der Waals surface area contributed by atoms with Gasteiger partial charge in [0.15, 0.2) is 0 Å². The lowest BCUT2D eigenvalue weighted by Gasteiger charge is -2.31. The molecule has 0 unspecified atom stereocenters. The highest BCUT2D eigenvalue weighted by atomic mass is 15.2. The maximum absolute atomic E-state index is 8.67. The molecule has 0 saturated carbocycles. The highest BCUT2D eigenvalue weighted by Crippen LogP contribution is 2.14. The van der Waals surface area contributed by atoms with E-state index >= 15 is 0 Å². The Morgan fingerprint density at radius 1 is 1.18 bits per heavy atom. The first-order chi connectivity index (χ1) is 5.00. The van der Waals surface area contributed by atoms with Crippen molar-refractivity contribution in [3.05, 3.63) is 6.04 Å². The highest BCUT2D eigenvalue weighted by Gasteiger charge is 2.19. The van der Waals surface area contributed by atoms with Crippen LogP contribution in [0.15, 0.2) is 0 Å². The normalized spacial score (nSPS) is 11.6. The van der Waals surface area contributed by atoms with Gasteiger partial charge >= 0.3 is 0 Å². The molecule has 0 aliphatic carbocycles. The Morgan fingerprint density at radius 2 is 1.55 bits per heavy atom. The maximum Gasteiger partial charge on any atom is 0.138 e. The Kier molecular flexibility index (Phi) is 4.14. The van der Waals surface area contributed by atoms with E-state index in [9.17, 15) is 0 Å². The van der Waals surface area contributed by atoms with Gasteiger partial charge in [-0.15, -0.1) is 0 Å². The molecule has 2 heteroatoms. The van der Waals surface area contributed by atoms with E-state index in [0.717, 1.165) is 6.04 Å². The van der Waals surface area contributed by atoms with Gasteiger partial charge in [-0.25, -0.2) is 0 Å². The van der Waals surface area contributed by atoms with Crippen molar-refractivity contribution in [1.29, 1.82) is 5.26 Å². The third-order valence-corrected chi connectivity index (χ3v) is 1.66. The Morgan fingerprint density at radius 3 is 1.64 bits per heavy atom. The van der Waals surface area contributed by atoms with Crippen LogP contribution in [0.3, 0.4) is 0 Å². The van der Waals surface area contributed by atoms with Crippen LogP contribution in [0.25, 0.3) is 0 Å². The van der Waals surface area contributed by atoms with E-state index in [4.69, 9.17) is 5.26 Å². The average molecular weight is 153 g/mol. The number of nitriles is 1. The third kappa shape index (κ3) is 2.90. The molecular formula is C9H17N2. The molecule has 0 aromatic heterocycles. The first-order valence-corrected chi connectivity index (χ1v) is 4.02. The van der Waals surface area contributed by atoms with Gasteiger partial charge in [-0.3, -0.25) is 4.90 Å². The van der Waals surface area contributed by atoms with Crippen LogP contribution in [0.5, 0.6) is 0 Å². The molecule has 0 bridgehead atoms. The molecule has 0 aliphatic rings. The van der Waals surface area contributed by atoms with Crippen molar-refractivity contribution in [1.82, 2.24) is 4.90 Å². The van der Waals surface area contributed by atoms with Gasteiger partial charge in [-0.2, -0.15) is 5.26 Å². The van der Waals surface area contributed by atoms with E-state index in [1.165, 1.54) is 0 Å². The van der Waals surface area contributed by atoms with E-state index in [0.29, 0.717) is 12.1 Å². The van der Waals surface area contributed by atoms with E-state index in [-0.39, 0.29) is 0 Å². The molecule has 11 heavy (non-hydrogen) atoms. The first-order valence-electron chi connectivity index (χ1n) is 4.02. The van der Waals surface area contributed by atoms with Gasteiger partial charge in [0.05, 0.1) is 6.07 Å². The second kappa shape index (κ2) is 4.35. The number of hydrogen-bond acceptors (Lipinski definition) is 2. The SMILES string of the molecule is C[C](C#N)N(C(C)C)C(C)C. The highest BCUT2D eigenvalue weighted by molar-refractivity contribution is 5.07. The minimum atomic E-state index is 0.412. The largest absolute Gasteiger partial charge is 0.278 e. The molecule has 0 rings (SSSR count). The van der Waals surface area contributed by atoms with Gasteiger partial charge in [0.2, 0.25) is 0 Å².